The summed E-state index contributed by atoms with van der Waals surface area (Å²) >= 11 is 0. The van der Waals surface area contributed by atoms with Gasteiger partial charge in [0.05, 0.1) is 11.1 Å². The van der Waals surface area contributed by atoms with Gasteiger partial charge in [-0.05, 0) is 42.9 Å². The number of pyridine rings is 1. The normalized spacial score (nSPS) is 11.7. The number of carbonyl (C=O) groups excluding carboxylic acids is 1. The van der Waals surface area contributed by atoms with E-state index in [-0.39, 0.29) is 23.5 Å². The number of rotatable bonds is 7. The third kappa shape index (κ3) is 3.85. The van der Waals surface area contributed by atoms with E-state index < -0.39 is 5.82 Å². The SMILES string of the molecule is CCC(CC)(CCO)CNC(=O)c1cc(F)cc2cccnc12. The summed E-state index contributed by atoms with van der Waals surface area (Å²) in [5, 5.41) is 12.7. The number of hydrogen-bond donors (Lipinski definition) is 2. The third-order valence-electron chi connectivity index (χ3n) is 4.68. The lowest BCUT2D eigenvalue weighted by atomic mass is 9.79. The fraction of sp³-hybridized carbons (Fsp3) is 0.444. The molecule has 2 rings (SSSR count). The summed E-state index contributed by atoms with van der Waals surface area (Å²) in [6.45, 7) is 4.63. The highest BCUT2D eigenvalue weighted by molar-refractivity contribution is 6.05. The van der Waals surface area contributed by atoms with Gasteiger partial charge < -0.3 is 10.4 Å². The minimum atomic E-state index is -0.455. The lowest BCUT2D eigenvalue weighted by molar-refractivity contribution is 0.0908. The number of aromatic nitrogens is 1. The van der Waals surface area contributed by atoms with Gasteiger partial charge in [0, 0.05) is 24.7 Å². The van der Waals surface area contributed by atoms with E-state index in [4.69, 9.17) is 0 Å². The summed E-state index contributed by atoms with van der Waals surface area (Å²) in [5.41, 5.74) is 0.596. The van der Waals surface area contributed by atoms with Gasteiger partial charge in [0.25, 0.3) is 5.91 Å². The summed E-state index contributed by atoms with van der Waals surface area (Å²) in [5.74, 6) is -0.791. The number of carbonyl (C=O) groups is 1. The first-order valence-electron chi connectivity index (χ1n) is 7.98. The second kappa shape index (κ2) is 7.51. The summed E-state index contributed by atoms with van der Waals surface area (Å²) in [7, 11) is 0. The van der Waals surface area contributed by atoms with Gasteiger partial charge in [-0.15, -0.1) is 0 Å². The van der Waals surface area contributed by atoms with Crippen LogP contribution < -0.4 is 5.32 Å². The van der Waals surface area contributed by atoms with E-state index >= 15 is 0 Å². The van der Waals surface area contributed by atoms with Crippen LogP contribution in [0.15, 0.2) is 30.5 Å². The number of halogens is 1. The van der Waals surface area contributed by atoms with E-state index in [2.05, 4.69) is 10.3 Å². The average molecular weight is 318 g/mol. The maximum Gasteiger partial charge on any atom is 0.253 e. The summed E-state index contributed by atoms with van der Waals surface area (Å²) in [6, 6.07) is 6.03. The van der Waals surface area contributed by atoms with Crippen LogP contribution in [0.25, 0.3) is 10.9 Å². The Labute approximate surface area is 135 Å². The largest absolute Gasteiger partial charge is 0.396 e. The first-order valence-corrected chi connectivity index (χ1v) is 7.98. The topological polar surface area (TPSA) is 62.2 Å². The molecular weight excluding hydrogens is 295 g/mol. The molecule has 1 heterocycles. The van der Waals surface area contributed by atoms with Crippen LogP contribution in [0.1, 0.15) is 43.5 Å². The number of benzene rings is 1. The second-order valence-corrected chi connectivity index (χ2v) is 5.89. The van der Waals surface area contributed by atoms with Gasteiger partial charge in [-0.3, -0.25) is 9.78 Å². The van der Waals surface area contributed by atoms with Crippen molar-refractivity contribution in [1.29, 1.82) is 0 Å². The van der Waals surface area contributed by atoms with Crippen LogP contribution in [0.5, 0.6) is 0 Å². The van der Waals surface area contributed by atoms with E-state index in [9.17, 15) is 14.3 Å². The smallest absolute Gasteiger partial charge is 0.253 e. The minimum Gasteiger partial charge on any atom is -0.396 e. The van der Waals surface area contributed by atoms with E-state index in [0.717, 1.165) is 12.8 Å². The Morgan fingerprint density at radius 1 is 1.35 bits per heavy atom. The fourth-order valence-corrected chi connectivity index (χ4v) is 2.87. The summed E-state index contributed by atoms with van der Waals surface area (Å²) in [6.07, 6.45) is 3.92. The van der Waals surface area contributed by atoms with Gasteiger partial charge in [-0.25, -0.2) is 4.39 Å². The highest BCUT2D eigenvalue weighted by atomic mass is 19.1. The van der Waals surface area contributed by atoms with E-state index in [1.54, 1.807) is 18.3 Å². The number of aliphatic hydroxyl groups excluding tert-OH is 1. The van der Waals surface area contributed by atoms with Gasteiger partial charge in [0.2, 0.25) is 0 Å². The highest BCUT2D eigenvalue weighted by Crippen LogP contribution is 2.29. The molecule has 0 fully saturated rings. The molecule has 124 valence electrons. The summed E-state index contributed by atoms with van der Waals surface area (Å²) in [4.78, 5) is 16.7. The van der Waals surface area contributed by atoms with Crippen molar-refractivity contribution in [3.63, 3.8) is 0 Å². The molecule has 0 aliphatic rings. The molecule has 1 aromatic heterocycles. The van der Waals surface area contributed by atoms with Crippen molar-refractivity contribution in [1.82, 2.24) is 10.3 Å². The van der Waals surface area contributed by atoms with Crippen LogP contribution >= 0.6 is 0 Å². The molecule has 4 nitrogen and oxygen atoms in total. The van der Waals surface area contributed by atoms with Crippen LogP contribution in [0.2, 0.25) is 0 Å². The van der Waals surface area contributed by atoms with Crippen LogP contribution in [0.4, 0.5) is 4.39 Å². The first-order chi connectivity index (χ1) is 11.0. The zero-order valence-electron chi connectivity index (χ0n) is 13.6. The Morgan fingerprint density at radius 2 is 2.09 bits per heavy atom. The maximum absolute atomic E-state index is 13.7. The van der Waals surface area contributed by atoms with Crippen molar-refractivity contribution in [2.45, 2.75) is 33.1 Å². The van der Waals surface area contributed by atoms with Crippen LogP contribution in [0, 0.1) is 11.2 Å². The Morgan fingerprint density at radius 3 is 2.74 bits per heavy atom. The van der Waals surface area contributed by atoms with Gasteiger partial charge in [0.1, 0.15) is 5.82 Å². The molecule has 1 amide bonds. The lowest BCUT2D eigenvalue weighted by Crippen LogP contribution is -2.37. The zero-order chi connectivity index (χ0) is 16.9. The Bertz CT molecular complexity index is 684. The predicted octanol–water partition coefficient (Wildman–Crippen LogP) is 3.29. The molecule has 2 aromatic rings. The molecule has 0 atom stereocenters. The van der Waals surface area contributed by atoms with Crippen molar-refractivity contribution in [3.8, 4) is 0 Å². The van der Waals surface area contributed by atoms with Gasteiger partial charge in [-0.1, -0.05) is 19.9 Å². The van der Waals surface area contributed by atoms with E-state index in [0.29, 0.717) is 23.9 Å². The Hall–Kier alpha value is -2.01. The standard InChI is InChI=1S/C18H23FN2O2/c1-3-18(4-2,7-9-22)12-21-17(23)15-11-14(19)10-13-6-5-8-20-16(13)15/h5-6,8,10-11,22H,3-4,7,9,12H2,1-2H3,(H,21,23). The van der Waals surface area contributed by atoms with E-state index in [1.165, 1.54) is 12.1 Å². The fourth-order valence-electron chi connectivity index (χ4n) is 2.87. The molecule has 23 heavy (non-hydrogen) atoms. The molecule has 0 spiro atoms. The Kier molecular flexibility index (Phi) is 5.66. The van der Waals surface area contributed by atoms with Crippen LogP contribution in [-0.4, -0.2) is 29.1 Å². The minimum absolute atomic E-state index is 0.0853. The number of hydrogen-bond acceptors (Lipinski definition) is 3. The maximum atomic E-state index is 13.7. The molecule has 0 saturated heterocycles. The molecule has 0 radical (unpaired) electrons. The van der Waals surface area contributed by atoms with Crippen LogP contribution in [0.3, 0.4) is 0 Å². The molecule has 0 saturated carbocycles. The monoisotopic (exact) mass is 318 g/mol. The molecule has 0 bridgehead atoms. The molecule has 5 heteroatoms. The van der Waals surface area contributed by atoms with Gasteiger partial charge in [0.15, 0.2) is 0 Å². The lowest BCUT2D eigenvalue weighted by Gasteiger charge is -2.31. The molecule has 0 aliphatic heterocycles. The van der Waals surface area contributed by atoms with Crippen LogP contribution in [-0.2, 0) is 0 Å². The second-order valence-electron chi connectivity index (χ2n) is 5.89. The number of amides is 1. The van der Waals surface area contributed by atoms with Crippen molar-refractivity contribution in [2.24, 2.45) is 5.41 Å². The predicted molar refractivity (Wildman–Crippen MR) is 88.8 cm³/mol. The van der Waals surface area contributed by atoms with Crippen molar-refractivity contribution >= 4 is 16.8 Å². The summed E-state index contributed by atoms with van der Waals surface area (Å²) < 4.78 is 13.7. The molecule has 1 aromatic carbocycles. The Balaban J connectivity index is 2.24. The van der Waals surface area contributed by atoms with Crippen molar-refractivity contribution in [2.75, 3.05) is 13.2 Å². The molecule has 0 aliphatic carbocycles. The number of aliphatic hydroxyl groups is 1. The number of nitrogens with zero attached hydrogens (tertiary/aromatic N) is 1. The molecule has 2 N–H and O–H groups in total. The average Bonchev–Trinajstić information content (AvgIpc) is 2.57. The van der Waals surface area contributed by atoms with Gasteiger partial charge in [-0.2, -0.15) is 0 Å². The third-order valence-corrected chi connectivity index (χ3v) is 4.68. The quantitative estimate of drug-likeness (QED) is 0.823. The van der Waals surface area contributed by atoms with Gasteiger partial charge >= 0.3 is 0 Å². The molecule has 0 unspecified atom stereocenters. The van der Waals surface area contributed by atoms with Crippen molar-refractivity contribution < 1.29 is 14.3 Å². The van der Waals surface area contributed by atoms with E-state index in [1.807, 2.05) is 13.8 Å². The number of fused-ring (bicyclic) bond motifs is 1. The van der Waals surface area contributed by atoms with Crippen molar-refractivity contribution in [3.05, 3.63) is 41.8 Å². The zero-order valence-corrected chi connectivity index (χ0v) is 13.6. The molecular formula is C18H23FN2O2. The highest BCUT2D eigenvalue weighted by Gasteiger charge is 2.26. The number of nitrogens with one attached hydrogen (secondary N) is 1. The first kappa shape index (κ1) is 17.3.